The van der Waals surface area contributed by atoms with Gasteiger partial charge in [0.1, 0.15) is 11.5 Å². The summed E-state index contributed by atoms with van der Waals surface area (Å²) in [5.41, 5.74) is -1.02. The molecule has 2 aromatic rings. The Hall–Kier alpha value is -3.42. The van der Waals surface area contributed by atoms with Crippen molar-refractivity contribution in [2.24, 2.45) is 5.41 Å². The molecule has 4 amide bonds. The van der Waals surface area contributed by atoms with Crippen LogP contribution in [0.4, 0.5) is 10.5 Å². The van der Waals surface area contributed by atoms with Crippen LogP contribution in [0.15, 0.2) is 40.8 Å². The normalized spacial score (nSPS) is 19.0. The lowest BCUT2D eigenvalue weighted by Crippen LogP contribution is -2.41. The standard InChI is InChI=1S/C22H25N3O5/c1-13-6-11-17(30-13)22(5)19(28)25(20(29)24-22)12-16(26)14-7-9-15(10-8-14)23-18(27)21(2,3)4/h6-11H,12H2,1-5H3,(H,23,27)(H,24,29). The third-order valence-electron chi connectivity index (χ3n) is 4.96. The number of hydrogen-bond acceptors (Lipinski definition) is 5. The number of benzene rings is 1. The van der Waals surface area contributed by atoms with Crippen LogP contribution in [0.2, 0.25) is 0 Å². The lowest BCUT2D eigenvalue weighted by atomic mass is 9.95. The van der Waals surface area contributed by atoms with Gasteiger partial charge in [0.2, 0.25) is 5.91 Å². The Balaban J connectivity index is 1.71. The molecular weight excluding hydrogens is 386 g/mol. The van der Waals surface area contributed by atoms with Gasteiger partial charge in [0.15, 0.2) is 11.3 Å². The van der Waals surface area contributed by atoms with Crippen molar-refractivity contribution in [3.63, 3.8) is 0 Å². The summed E-state index contributed by atoms with van der Waals surface area (Å²) in [6, 6.07) is 9.00. The topological polar surface area (TPSA) is 109 Å². The molecule has 0 bridgehead atoms. The molecule has 0 radical (unpaired) electrons. The first-order valence-corrected chi connectivity index (χ1v) is 9.57. The van der Waals surface area contributed by atoms with E-state index in [2.05, 4.69) is 10.6 Å². The van der Waals surface area contributed by atoms with Crippen LogP contribution in [0.25, 0.3) is 0 Å². The molecule has 30 heavy (non-hydrogen) atoms. The van der Waals surface area contributed by atoms with Crippen LogP contribution in [-0.2, 0) is 15.1 Å². The molecular formula is C22H25N3O5. The SMILES string of the molecule is Cc1ccc(C2(C)NC(=O)N(CC(=O)c3ccc(NC(=O)C(C)(C)C)cc3)C2=O)o1. The number of amides is 4. The Labute approximate surface area is 174 Å². The number of imide groups is 1. The van der Waals surface area contributed by atoms with Crippen molar-refractivity contribution in [3.8, 4) is 0 Å². The zero-order valence-corrected chi connectivity index (χ0v) is 17.7. The lowest BCUT2D eigenvalue weighted by molar-refractivity contribution is -0.131. The van der Waals surface area contributed by atoms with Gasteiger partial charge < -0.3 is 15.1 Å². The van der Waals surface area contributed by atoms with E-state index in [4.69, 9.17) is 4.42 Å². The van der Waals surface area contributed by atoms with Crippen molar-refractivity contribution in [2.45, 2.75) is 40.2 Å². The zero-order chi connectivity index (χ0) is 22.3. The number of urea groups is 1. The summed E-state index contributed by atoms with van der Waals surface area (Å²) in [5, 5.41) is 5.38. The number of nitrogens with one attached hydrogen (secondary N) is 2. The number of carbonyl (C=O) groups is 4. The highest BCUT2D eigenvalue weighted by Gasteiger charge is 2.51. The molecule has 0 saturated carbocycles. The largest absolute Gasteiger partial charge is 0.463 e. The van der Waals surface area contributed by atoms with E-state index in [-0.39, 0.29) is 5.91 Å². The summed E-state index contributed by atoms with van der Waals surface area (Å²) in [5.74, 6) is -0.168. The van der Waals surface area contributed by atoms with Crippen LogP contribution in [0.5, 0.6) is 0 Å². The fourth-order valence-corrected chi connectivity index (χ4v) is 3.00. The van der Waals surface area contributed by atoms with Gasteiger partial charge in [0.05, 0.1) is 6.54 Å². The van der Waals surface area contributed by atoms with Gasteiger partial charge in [0, 0.05) is 16.7 Å². The van der Waals surface area contributed by atoms with E-state index in [0.717, 1.165) is 4.90 Å². The molecule has 3 rings (SSSR count). The van der Waals surface area contributed by atoms with Crippen LogP contribution in [-0.4, -0.2) is 35.1 Å². The van der Waals surface area contributed by atoms with E-state index in [1.165, 1.54) is 0 Å². The number of furan rings is 1. The van der Waals surface area contributed by atoms with Crippen molar-refractivity contribution in [2.75, 3.05) is 11.9 Å². The Morgan fingerprint density at radius 2 is 1.73 bits per heavy atom. The predicted octanol–water partition coefficient (Wildman–Crippen LogP) is 3.22. The fourth-order valence-electron chi connectivity index (χ4n) is 3.00. The minimum absolute atomic E-state index is 0.145. The molecule has 1 aromatic heterocycles. The molecule has 1 saturated heterocycles. The second-order valence-corrected chi connectivity index (χ2v) is 8.56. The first-order chi connectivity index (χ1) is 13.9. The minimum atomic E-state index is -1.35. The number of ketones is 1. The van der Waals surface area contributed by atoms with Gasteiger partial charge in [-0.05, 0) is 50.2 Å². The Kier molecular flexibility index (Phi) is 5.28. The van der Waals surface area contributed by atoms with E-state index in [1.54, 1.807) is 71.0 Å². The van der Waals surface area contributed by atoms with Crippen LogP contribution in [0.3, 0.4) is 0 Å². The van der Waals surface area contributed by atoms with Crippen LogP contribution < -0.4 is 10.6 Å². The number of aryl methyl sites for hydroxylation is 1. The van der Waals surface area contributed by atoms with Crippen molar-refractivity contribution in [1.29, 1.82) is 0 Å². The van der Waals surface area contributed by atoms with E-state index in [0.29, 0.717) is 22.8 Å². The monoisotopic (exact) mass is 411 g/mol. The van der Waals surface area contributed by atoms with Crippen LogP contribution in [0.1, 0.15) is 49.6 Å². The zero-order valence-electron chi connectivity index (χ0n) is 17.7. The smallest absolute Gasteiger partial charge is 0.325 e. The van der Waals surface area contributed by atoms with Crippen LogP contribution in [0, 0.1) is 12.3 Å². The Bertz CT molecular complexity index is 1020. The molecule has 158 valence electrons. The van der Waals surface area contributed by atoms with Gasteiger partial charge in [-0.25, -0.2) is 4.79 Å². The maximum atomic E-state index is 12.9. The van der Waals surface area contributed by atoms with E-state index in [1.807, 2.05) is 0 Å². The second-order valence-electron chi connectivity index (χ2n) is 8.56. The summed E-state index contributed by atoms with van der Waals surface area (Å²) in [6.45, 7) is 8.29. The molecule has 1 unspecified atom stereocenters. The summed E-state index contributed by atoms with van der Waals surface area (Å²) in [6.07, 6.45) is 0. The van der Waals surface area contributed by atoms with E-state index < -0.39 is 35.2 Å². The first-order valence-electron chi connectivity index (χ1n) is 9.57. The molecule has 2 N–H and O–H groups in total. The molecule has 1 fully saturated rings. The van der Waals surface area contributed by atoms with Gasteiger partial charge in [-0.3, -0.25) is 19.3 Å². The number of Topliss-reactive ketones (excluding diaryl/α,β-unsaturated/α-hetero) is 1. The van der Waals surface area contributed by atoms with Gasteiger partial charge in [0.25, 0.3) is 5.91 Å². The van der Waals surface area contributed by atoms with Crippen LogP contribution >= 0.6 is 0 Å². The minimum Gasteiger partial charge on any atom is -0.463 e. The average Bonchev–Trinajstić information content (AvgIpc) is 3.19. The summed E-state index contributed by atoms with van der Waals surface area (Å²) in [7, 11) is 0. The van der Waals surface area contributed by atoms with Crippen molar-refractivity contribution >= 4 is 29.3 Å². The first kappa shape index (κ1) is 21.3. The van der Waals surface area contributed by atoms with Crippen molar-refractivity contribution < 1.29 is 23.6 Å². The Morgan fingerprint density at radius 3 is 2.27 bits per heavy atom. The van der Waals surface area contributed by atoms with Crippen molar-refractivity contribution in [1.82, 2.24) is 10.2 Å². The lowest BCUT2D eigenvalue weighted by Gasteiger charge is -2.19. The molecule has 0 spiro atoms. The quantitative estimate of drug-likeness (QED) is 0.580. The molecule has 1 aromatic carbocycles. The average molecular weight is 411 g/mol. The number of anilines is 1. The molecule has 8 nitrogen and oxygen atoms in total. The third-order valence-corrected chi connectivity index (χ3v) is 4.96. The van der Waals surface area contributed by atoms with E-state index in [9.17, 15) is 19.2 Å². The second kappa shape index (κ2) is 7.44. The predicted molar refractivity (Wildman–Crippen MR) is 110 cm³/mol. The fraction of sp³-hybridized carbons (Fsp3) is 0.364. The third kappa shape index (κ3) is 3.98. The highest BCUT2D eigenvalue weighted by molar-refractivity contribution is 6.11. The van der Waals surface area contributed by atoms with Crippen molar-refractivity contribution in [3.05, 3.63) is 53.5 Å². The summed E-state index contributed by atoms with van der Waals surface area (Å²) in [4.78, 5) is 50.8. The molecule has 1 atom stereocenters. The number of hydrogen-bond donors (Lipinski definition) is 2. The number of carbonyl (C=O) groups excluding carboxylic acids is 4. The van der Waals surface area contributed by atoms with Gasteiger partial charge in [-0.15, -0.1) is 0 Å². The molecule has 1 aliphatic heterocycles. The summed E-state index contributed by atoms with van der Waals surface area (Å²) < 4.78 is 5.51. The van der Waals surface area contributed by atoms with Gasteiger partial charge in [-0.1, -0.05) is 20.8 Å². The molecule has 1 aliphatic rings. The maximum Gasteiger partial charge on any atom is 0.325 e. The maximum absolute atomic E-state index is 12.9. The van der Waals surface area contributed by atoms with Gasteiger partial charge >= 0.3 is 6.03 Å². The van der Waals surface area contributed by atoms with Gasteiger partial charge in [-0.2, -0.15) is 0 Å². The summed E-state index contributed by atoms with van der Waals surface area (Å²) >= 11 is 0. The number of nitrogens with zero attached hydrogens (tertiary/aromatic N) is 1. The molecule has 0 aliphatic carbocycles. The molecule has 8 heteroatoms. The number of rotatable bonds is 5. The Morgan fingerprint density at radius 1 is 1.10 bits per heavy atom. The van der Waals surface area contributed by atoms with E-state index >= 15 is 0 Å². The molecule has 2 heterocycles. The highest BCUT2D eigenvalue weighted by atomic mass is 16.3. The highest BCUT2D eigenvalue weighted by Crippen LogP contribution is 2.30.